The van der Waals surface area contributed by atoms with Crippen LogP contribution >= 0.6 is 11.6 Å². The van der Waals surface area contributed by atoms with Crippen LogP contribution in [0.25, 0.3) is 0 Å². The fourth-order valence-corrected chi connectivity index (χ4v) is 4.81. The van der Waals surface area contributed by atoms with Crippen molar-refractivity contribution >= 4 is 33.4 Å². The highest BCUT2D eigenvalue weighted by Gasteiger charge is 2.21. The lowest BCUT2D eigenvalue weighted by atomic mass is 10.1. The topological polar surface area (TPSA) is 95.6 Å². The smallest absolute Gasteiger partial charge is 0.252 e. The van der Waals surface area contributed by atoms with Crippen molar-refractivity contribution < 1.29 is 22.4 Å². The Morgan fingerprint density at radius 1 is 1.09 bits per heavy atom. The molecule has 0 spiro atoms. The highest BCUT2D eigenvalue weighted by Crippen LogP contribution is 2.20. The van der Waals surface area contributed by atoms with Gasteiger partial charge in [0.25, 0.3) is 5.91 Å². The molecule has 0 saturated carbocycles. The molecule has 0 aliphatic heterocycles. The molecule has 0 saturated heterocycles. The van der Waals surface area contributed by atoms with Gasteiger partial charge in [0.05, 0.1) is 21.5 Å². The van der Waals surface area contributed by atoms with Gasteiger partial charge in [-0.05, 0) is 42.8 Å². The highest BCUT2D eigenvalue weighted by atomic mass is 35.5. The van der Waals surface area contributed by atoms with E-state index in [9.17, 15) is 22.4 Å². The first-order valence-electron chi connectivity index (χ1n) is 10.2. The molecule has 1 atom stereocenters. The van der Waals surface area contributed by atoms with E-state index in [0.717, 1.165) is 17.7 Å². The maximum Gasteiger partial charge on any atom is 0.252 e. The fraction of sp³-hybridized carbons (Fsp3) is 0.364. The number of rotatable bonds is 10. The molecule has 2 amide bonds. The summed E-state index contributed by atoms with van der Waals surface area (Å²) in [7, 11) is -3.54. The Hall–Kier alpha value is -2.49. The van der Waals surface area contributed by atoms with Gasteiger partial charge in [-0.2, -0.15) is 4.31 Å². The van der Waals surface area contributed by atoms with Crippen LogP contribution in [0.15, 0.2) is 47.4 Å². The van der Waals surface area contributed by atoms with E-state index in [4.69, 9.17) is 11.6 Å². The van der Waals surface area contributed by atoms with E-state index < -0.39 is 21.7 Å². The van der Waals surface area contributed by atoms with Gasteiger partial charge >= 0.3 is 0 Å². The number of carbonyl (C=O) groups is 2. The van der Waals surface area contributed by atoms with Gasteiger partial charge in [0, 0.05) is 26.1 Å². The van der Waals surface area contributed by atoms with Gasteiger partial charge in [-0.3, -0.25) is 9.59 Å². The van der Waals surface area contributed by atoms with E-state index in [-0.39, 0.29) is 40.4 Å². The maximum atomic E-state index is 13.1. The van der Waals surface area contributed by atoms with Crippen LogP contribution in [-0.2, 0) is 14.8 Å². The minimum atomic E-state index is -3.54. The Morgan fingerprint density at radius 2 is 1.72 bits per heavy atom. The van der Waals surface area contributed by atoms with E-state index in [1.54, 1.807) is 32.9 Å². The predicted molar refractivity (Wildman–Crippen MR) is 121 cm³/mol. The average Bonchev–Trinajstić information content (AvgIpc) is 2.74. The average molecular weight is 484 g/mol. The summed E-state index contributed by atoms with van der Waals surface area (Å²) in [6.07, 6.45) is 0.0311. The van der Waals surface area contributed by atoms with Gasteiger partial charge in [-0.15, -0.1) is 0 Å². The summed E-state index contributed by atoms with van der Waals surface area (Å²) in [6, 6.07) is 9.49. The van der Waals surface area contributed by atoms with Crippen LogP contribution < -0.4 is 10.6 Å². The van der Waals surface area contributed by atoms with Crippen molar-refractivity contribution in [2.24, 2.45) is 0 Å². The number of amides is 2. The number of halogens is 2. The van der Waals surface area contributed by atoms with Crippen molar-refractivity contribution in [3.05, 3.63) is 64.4 Å². The van der Waals surface area contributed by atoms with Crippen LogP contribution in [0.4, 0.5) is 4.39 Å². The Labute approximate surface area is 193 Å². The molecule has 0 aliphatic rings. The number of benzene rings is 2. The molecule has 0 radical (unpaired) electrons. The zero-order valence-electron chi connectivity index (χ0n) is 18.2. The first-order valence-corrected chi connectivity index (χ1v) is 12.0. The van der Waals surface area contributed by atoms with Crippen LogP contribution in [-0.4, -0.2) is 44.2 Å². The Bertz CT molecular complexity index is 1060. The normalized spacial score (nSPS) is 12.4. The van der Waals surface area contributed by atoms with Gasteiger partial charge in [-0.25, -0.2) is 12.8 Å². The quantitative estimate of drug-likeness (QED) is 0.540. The van der Waals surface area contributed by atoms with E-state index in [1.807, 2.05) is 0 Å². The molecule has 10 heteroatoms. The summed E-state index contributed by atoms with van der Waals surface area (Å²) in [6.45, 7) is 6.19. The molecule has 0 aromatic heterocycles. The van der Waals surface area contributed by atoms with Gasteiger partial charge < -0.3 is 10.6 Å². The van der Waals surface area contributed by atoms with Crippen LogP contribution in [0.5, 0.6) is 0 Å². The van der Waals surface area contributed by atoms with Crippen molar-refractivity contribution in [1.29, 1.82) is 0 Å². The molecule has 32 heavy (non-hydrogen) atoms. The monoisotopic (exact) mass is 483 g/mol. The zero-order chi connectivity index (χ0) is 23.9. The molecule has 0 heterocycles. The third-order valence-electron chi connectivity index (χ3n) is 4.91. The summed E-state index contributed by atoms with van der Waals surface area (Å²) in [5, 5.41) is 5.37. The molecule has 2 aromatic rings. The molecule has 0 aliphatic carbocycles. The summed E-state index contributed by atoms with van der Waals surface area (Å²) in [4.78, 5) is 24.5. The minimum Gasteiger partial charge on any atom is -0.351 e. The lowest BCUT2D eigenvalue weighted by molar-refractivity contribution is -0.121. The van der Waals surface area contributed by atoms with E-state index in [0.29, 0.717) is 13.1 Å². The SMILES string of the molecule is CCN(CC)S(=O)(=O)c1ccc(C(C)NC(=O)CCNC(=O)c2ccc(F)cc2Cl)cc1. The lowest BCUT2D eigenvalue weighted by Gasteiger charge is -2.19. The van der Waals surface area contributed by atoms with Crippen molar-refractivity contribution in [2.75, 3.05) is 19.6 Å². The first kappa shape index (κ1) is 25.8. The van der Waals surface area contributed by atoms with Crippen molar-refractivity contribution in [1.82, 2.24) is 14.9 Å². The minimum absolute atomic E-state index is 0.00738. The molecular formula is C22H27ClFN3O4S. The fourth-order valence-electron chi connectivity index (χ4n) is 3.10. The standard InChI is InChI=1S/C22H27ClFN3O4S/c1-4-27(5-2)32(30,31)18-9-6-16(7-10-18)15(3)26-21(28)12-13-25-22(29)19-11-8-17(24)14-20(19)23/h6-11,14-15H,4-5,12-13H2,1-3H3,(H,25,29)(H,26,28). The van der Waals surface area contributed by atoms with E-state index >= 15 is 0 Å². The van der Waals surface area contributed by atoms with Crippen LogP contribution in [0.2, 0.25) is 5.02 Å². The van der Waals surface area contributed by atoms with Gasteiger partial charge in [0.15, 0.2) is 0 Å². The molecule has 7 nitrogen and oxygen atoms in total. The van der Waals surface area contributed by atoms with Crippen LogP contribution in [0.1, 0.15) is 49.2 Å². The third-order valence-corrected chi connectivity index (χ3v) is 7.29. The number of hydrogen-bond acceptors (Lipinski definition) is 4. The number of nitrogens with one attached hydrogen (secondary N) is 2. The van der Waals surface area contributed by atoms with Gasteiger partial charge in [-0.1, -0.05) is 37.6 Å². The van der Waals surface area contributed by atoms with E-state index in [1.165, 1.54) is 22.5 Å². The molecule has 1 unspecified atom stereocenters. The maximum absolute atomic E-state index is 13.1. The van der Waals surface area contributed by atoms with Crippen LogP contribution in [0.3, 0.4) is 0 Å². The molecule has 2 aromatic carbocycles. The Kier molecular flexibility index (Phi) is 9.18. The van der Waals surface area contributed by atoms with Crippen LogP contribution in [0, 0.1) is 5.82 Å². The molecule has 2 N–H and O–H groups in total. The zero-order valence-corrected chi connectivity index (χ0v) is 19.8. The summed E-state index contributed by atoms with van der Waals surface area (Å²) < 4.78 is 39.6. The number of sulfonamides is 1. The third kappa shape index (κ3) is 6.51. The number of nitrogens with zero attached hydrogens (tertiary/aromatic N) is 1. The van der Waals surface area contributed by atoms with Crippen molar-refractivity contribution in [3.8, 4) is 0 Å². The second-order valence-corrected chi connectivity index (χ2v) is 9.42. The number of carbonyl (C=O) groups excluding carboxylic acids is 2. The summed E-state index contributed by atoms with van der Waals surface area (Å²) in [5.41, 5.74) is 0.876. The first-order chi connectivity index (χ1) is 15.1. The predicted octanol–water partition coefficient (Wildman–Crippen LogP) is 3.51. The second kappa shape index (κ2) is 11.4. The summed E-state index contributed by atoms with van der Waals surface area (Å²) >= 11 is 5.86. The van der Waals surface area contributed by atoms with E-state index in [2.05, 4.69) is 10.6 Å². The van der Waals surface area contributed by atoms with Gasteiger partial charge in [0.1, 0.15) is 5.82 Å². The highest BCUT2D eigenvalue weighted by molar-refractivity contribution is 7.89. The second-order valence-electron chi connectivity index (χ2n) is 7.08. The number of hydrogen-bond donors (Lipinski definition) is 2. The molecular weight excluding hydrogens is 457 g/mol. The molecule has 0 fully saturated rings. The summed E-state index contributed by atoms with van der Waals surface area (Å²) in [5.74, 6) is -1.33. The van der Waals surface area contributed by atoms with Crippen molar-refractivity contribution in [2.45, 2.75) is 38.1 Å². The Balaban J connectivity index is 1.89. The lowest BCUT2D eigenvalue weighted by Crippen LogP contribution is -2.32. The largest absolute Gasteiger partial charge is 0.351 e. The van der Waals surface area contributed by atoms with Gasteiger partial charge in [0.2, 0.25) is 15.9 Å². The molecule has 2 rings (SSSR count). The molecule has 174 valence electrons. The molecule has 0 bridgehead atoms. The Morgan fingerprint density at radius 3 is 2.28 bits per heavy atom. The van der Waals surface area contributed by atoms with Crippen molar-refractivity contribution in [3.63, 3.8) is 0 Å².